The van der Waals surface area contributed by atoms with E-state index in [2.05, 4.69) is 15.6 Å². The third-order valence-corrected chi connectivity index (χ3v) is 2.98. The molecule has 1 aromatic rings. The van der Waals surface area contributed by atoms with E-state index < -0.39 is 0 Å². The highest BCUT2D eigenvalue weighted by molar-refractivity contribution is 5.63. The van der Waals surface area contributed by atoms with Crippen LogP contribution in [0.5, 0.6) is 0 Å². The van der Waals surface area contributed by atoms with Crippen LogP contribution >= 0.6 is 0 Å². The second kappa shape index (κ2) is 9.49. The van der Waals surface area contributed by atoms with Gasteiger partial charge in [0.2, 0.25) is 0 Å². The van der Waals surface area contributed by atoms with Crippen LogP contribution in [-0.2, 0) is 0 Å². The second-order valence-corrected chi connectivity index (χ2v) is 4.62. The molecule has 1 rings (SSSR count). The normalized spacial score (nSPS) is 11.1. The van der Waals surface area contributed by atoms with Gasteiger partial charge in [-0.1, -0.05) is 0 Å². The van der Waals surface area contributed by atoms with Gasteiger partial charge in [0, 0.05) is 57.5 Å². The van der Waals surface area contributed by atoms with Gasteiger partial charge in [0.15, 0.2) is 0 Å². The molecule has 114 valence electrons. The zero-order valence-corrected chi connectivity index (χ0v) is 11.4. The van der Waals surface area contributed by atoms with Crippen molar-refractivity contribution in [2.24, 2.45) is 11.8 Å². The summed E-state index contributed by atoms with van der Waals surface area (Å²) in [6, 6.07) is 3.60. The lowest BCUT2D eigenvalue weighted by Crippen LogP contribution is -2.24. The molecule has 0 aliphatic heterocycles. The summed E-state index contributed by atoms with van der Waals surface area (Å²) in [5.41, 5.74) is 0.744. The lowest BCUT2D eigenvalue weighted by atomic mass is 10.1. The molecular weight excluding hydrogens is 262 g/mol. The van der Waals surface area contributed by atoms with Crippen LogP contribution in [0.2, 0.25) is 0 Å². The maximum absolute atomic E-state index is 9.03. The molecule has 0 unspecified atom stereocenters. The summed E-state index contributed by atoms with van der Waals surface area (Å²) in [6.07, 6.45) is 1.63. The van der Waals surface area contributed by atoms with E-state index in [1.807, 2.05) is 6.07 Å². The molecule has 0 fully saturated rings. The van der Waals surface area contributed by atoms with Crippen molar-refractivity contribution in [1.82, 2.24) is 4.98 Å². The summed E-state index contributed by atoms with van der Waals surface area (Å²) in [6.45, 7) is 0.443. The molecule has 0 aromatic carbocycles. The Morgan fingerprint density at radius 3 is 2.00 bits per heavy atom. The van der Waals surface area contributed by atoms with Crippen molar-refractivity contribution in [1.29, 1.82) is 0 Å². The predicted octanol–water partition coefficient (Wildman–Crippen LogP) is -0.893. The van der Waals surface area contributed by atoms with Gasteiger partial charge in [0.05, 0.1) is 5.69 Å². The van der Waals surface area contributed by atoms with Crippen LogP contribution in [0.3, 0.4) is 0 Å². The van der Waals surface area contributed by atoms with Crippen LogP contribution < -0.4 is 10.6 Å². The van der Waals surface area contributed by atoms with Crippen molar-refractivity contribution in [2.75, 3.05) is 50.2 Å². The lowest BCUT2D eigenvalue weighted by Gasteiger charge is -2.17. The number of hydrogen-bond donors (Lipinski definition) is 6. The minimum atomic E-state index is -0.243. The lowest BCUT2D eigenvalue weighted by molar-refractivity contribution is 0.157. The van der Waals surface area contributed by atoms with Crippen LogP contribution in [0.25, 0.3) is 0 Å². The Balaban J connectivity index is 2.58. The maximum atomic E-state index is 9.03. The molecule has 0 aliphatic carbocycles. The number of anilines is 2. The Morgan fingerprint density at radius 2 is 1.45 bits per heavy atom. The smallest absolute Gasteiger partial charge is 0.149 e. The Labute approximate surface area is 118 Å². The molecule has 0 radical (unpaired) electrons. The van der Waals surface area contributed by atoms with Crippen molar-refractivity contribution in [2.45, 2.75) is 0 Å². The molecule has 20 heavy (non-hydrogen) atoms. The summed E-state index contributed by atoms with van der Waals surface area (Å²) in [5, 5.41) is 42.3. The van der Waals surface area contributed by atoms with E-state index in [1.54, 1.807) is 12.3 Å². The minimum Gasteiger partial charge on any atom is -0.396 e. The molecule has 1 aromatic heterocycles. The van der Waals surface area contributed by atoms with E-state index in [-0.39, 0.29) is 38.3 Å². The van der Waals surface area contributed by atoms with Gasteiger partial charge in [0.25, 0.3) is 0 Å². The van der Waals surface area contributed by atoms with Crippen LogP contribution in [-0.4, -0.2) is 64.9 Å². The topological polar surface area (TPSA) is 118 Å². The standard InChI is InChI=1S/C13H23N3O4/c17-6-10(7-18)4-15-12-2-1-3-14-13(12)16-5-11(8-19)9-20/h1-3,10-11,15,17-20H,4-9H2,(H,14,16). The van der Waals surface area contributed by atoms with E-state index in [0.29, 0.717) is 18.9 Å². The third kappa shape index (κ3) is 5.30. The summed E-state index contributed by atoms with van der Waals surface area (Å²) >= 11 is 0. The second-order valence-electron chi connectivity index (χ2n) is 4.62. The molecule has 0 bridgehead atoms. The SMILES string of the molecule is OCC(CO)CNc1cccnc1NCC(CO)CO. The van der Waals surface area contributed by atoms with Gasteiger partial charge in [-0.25, -0.2) is 4.98 Å². The quantitative estimate of drug-likeness (QED) is 0.330. The molecule has 0 amide bonds. The molecule has 0 aliphatic rings. The summed E-state index contributed by atoms with van der Waals surface area (Å²) in [5.74, 6) is 0.132. The number of aliphatic hydroxyl groups is 4. The first kappa shape index (κ1) is 16.6. The van der Waals surface area contributed by atoms with Crippen molar-refractivity contribution in [3.05, 3.63) is 18.3 Å². The van der Waals surface area contributed by atoms with Crippen molar-refractivity contribution >= 4 is 11.5 Å². The van der Waals surface area contributed by atoms with Crippen LogP contribution in [0, 0.1) is 11.8 Å². The monoisotopic (exact) mass is 285 g/mol. The van der Waals surface area contributed by atoms with Crippen LogP contribution in [0.15, 0.2) is 18.3 Å². The average molecular weight is 285 g/mol. The number of rotatable bonds is 10. The Morgan fingerprint density at radius 1 is 0.900 bits per heavy atom. The summed E-state index contributed by atoms with van der Waals surface area (Å²) in [7, 11) is 0. The first-order valence-electron chi connectivity index (χ1n) is 6.61. The van der Waals surface area contributed by atoms with Gasteiger partial charge in [-0.2, -0.15) is 0 Å². The van der Waals surface area contributed by atoms with Gasteiger partial charge in [-0.15, -0.1) is 0 Å². The Bertz CT molecular complexity index is 335. The number of nitrogens with zero attached hydrogens (tertiary/aromatic N) is 1. The molecule has 0 spiro atoms. The summed E-state index contributed by atoms with van der Waals surface area (Å²) < 4.78 is 0. The molecule has 0 saturated heterocycles. The molecule has 7 nitrogen and oxygen atoms in total. The largest absolute Gasteiger partial charge is 0.396 e. The molecular formula is C13H23N3O4. The first-order chi connectivity index (χ1) is 9.74. The fourth-order valence-electron chi connectivity index (χ4n) is 1.56. The van der Waals surface area contributed by atoms with Gasteiger partial charge in [0.1, 0.15) is 5.82 Å². The zero-order valence-electron chi connectivity index (χ0n) is 11.4. The van der Waals surface area contributed by atoms with Crippen LogP contribution in [0.4, 0.5) is 11.5 Å². The highest BCUT2D eigenvalue weighted by Crippen LogP contribution is 2.18. The first-order valence-corrected chi connectivity index (χ1v) is 6.61. The van der Waals surface area contributed by atoms with Crippen LogP contribution in [0.1, 0.15) is 0 Å². The van der Waals surface area contributed by atoms with Gasteiger partial charge in [-0.05, 0) is 12.1 Å². The van der Waals surface area contributed by atoms with Crippen molar-refractivity contribution < 1.29 is 20.4 Å². The number of pyridine rings is 1. The third-order valence-electron chi connectivity index (χ3n) is 2.98. The zero-order chi connectivity index (χ0) is 14.8. The molecule has 0 saturated carbocycles. The molecule has 7 heteroatoms. The summed E-state index contributed by atoms with van der Waals surface area (Å²) in [4.78, 5) is 4.19. The van der Waals surface area contributed by atoms with Gasteiger partial charge >= 0.3 is 0 Å². The van der Waals surface area contributed by atoms with Gasteiger partial charge in [-0.3, -0.25) is 0 Å². The predicted molar refractivity (Wildman–Crippen MR) is 76.5 cm³/mol. The van der Waals surface area contributed by atoms with E-state index in [4.69, 9.17) is 20.4 Å². The van der Waals surface area contributed by atoms with Crippen molar-refractivity contribution in [3.8, 4) is 0 Å². The average Bonchev–Trinajstić information content (AvgIpc) is 2.50. The Hall–Kier alpha value is -1.41. The molecule has 0 atom stereocenters. The number of aromatic nitrogens is 1. The van der Waals surface area contributed by atoms with E-state index >= 15 is 0 Å². The van der Waals surface area contributed by atoms with E-state index in [1.165, 1.54) is 0 Å². The fraction of sp³-hybridized carbons (Fsp3) is 0.615. The number of nitrogens with one attached hydrogen (secondary N) is 2. The van der Waals surface area contributed by atoms with Crippen molar-refractivity contribution in [3.63, 3.8) is 0 Å². The highest BCUT2D eigenvalue weighted by atomic mass is 16.3. The maximum Gasteiger partial charge on any atom is 0.149 e. The number of hydrogen-bond acceptors (Lipinski definition) is 7. The molecule has 6 N–H and O–H groups in total. The Kier molecular flexibility index (Phi) is 7.89. The molecule has 1 heterocycles. The van der Waals surface area contributed by atoms with E-state index in [9.17, 15) is 0 Å². The van der Waals surface area contributed by atoms with Gasteiger partial charge < -0.3 is 31.1 Å². The fourth-order valence-corrected chi connectivity index (χ4v) is 1.56. The van der Waals surface area contributed by atoms with E-state index in [0.717, 1.165) is 5.69 Å². The highest BCUT2D eigenvalue weighted by Gasteiger charge is 2.10. The number of aliphatic hydroxyl groups excluding tert-OH is 4. The minimum absolute atomic E-state index is 0.0936.